The SMILES string of the molecule is Cc1cc2oc3c(c2cc1NS(=O)(=O)c1ccc2c4c(cccc14)C(=O)N2)C[C@H](C(C)(C)C)CC3. The van der Waals surface area contributed by atoms with Crippen molar-refractivity contribution in [3.8, 4) is 0 Å². The molecule has 2 N–H and O–H groups in total. The third-order valence-corrected chi connectivity index (χ3v) is 9.07. The molecule has 3 aromatic carbocycles. The van der Waals surface area contributed by atoms with Crippen molar-refractivity contribution in [2.45, 2.75) is 51.9 Å². The van der Waals surface area contributed by atoms with Crippen molar-refractivity contribution >= 4 is 49.0 Å². The lowest BCUT2D eigenvalue weighted by Gasteiger charge is -2.33. The lowest BCUT2D eigenvalue weighted by molar-refractivity contribution is 0.103. The van der Waals surface area contributed by atoms with Crippen molar-refractivity contribution in [3.05, 3.63) is 64.9 Å². The molecule has 6 nitrogen and oxygen atoms in total. The molecule has 7 heteroatoms. The van der Waals surface area contributed by atoms with Crippen molar-refractivity contribution in [3.63, 3.8) is 0 Å². The Morgan fingerprint density at radius 3 is 2.66 bits per heavy atom. The molecule has 0 saturated heterocycles. The molecule has 4 aromatic rings. The smallest absolute Gasteiger partial charge is 0.262 e. The van der Waals surface area contributed by atoms with Gasteiger partial charge in [-0.15, -0.1) is 0 Å². The summed E-state index contributed by atoms with van der Waals surface area (Å²) in [5.41, 5.74) is 4.66. The number of benzene rings is 3. The standard InChI is InChI=1S/C28H28N2O4S/c1-15-12-24-20(19-13-16(28(2,3)4)8-10-23(19)34-24)14-22(15)30-35(32,33)25-11-9-21-26-17(25)6-5-7-18(26)27(31)29-21/h5-7,9,11-12,14,16,30H,8,10,13H2,1-4H3,(H,29,31)/t16-/m1/s1. The van der Waals surface area contributed by atoms with Crippen LogP contribution in [0.3, 0.4) is 0 Å². The van der Waals surface area contributed by atoms with Crippen LogP contribution in [0.4, 0.5) is 11.4 Å². The lowest BCUT2D eigenvalue weighted by Crippen LogP contribution is -2.26. The van der Waals surface area contributed by atoms with Gasteiger partial charge in [0, 0.05) is 39.4 Å². The molecule has 1 atom stereocenters. The van der Waals surface area contributed by atoms with Gasteiger partial charge in [-0.2, -0.15) is 0 Å². The summed E-state index contributed by atoms with van der Waals surface area (Å²) in [7, 11) is -3.91. The van der Waals surface area contributed by atoms with Crippen molar-refractivity contribution in [1.82, 2.24) is 0 Å². The van der Waals surface area contributed by atoms with Crippen LogP contribution < -0.4 is 10.0 Å². The first kappa shape index (κ1) is 22.2. The number of nitrogens with one attached hydrogen (secondary N) is 2. The maximum absolute atomic E-state index is 13.6. The zero-order chi connectivity index (χ0) is 24.7. The van der Waals surface area contributed by atoms with Crippen LogP contribution in [0.5, 0.6) is 0 Å². The van der Waals surface area contributed by atoms with Gasteiger partial charge in [0.25, 0.3) is 15.9 Å². The number of aryl methyl sites for hydroxylation is 2. The van der Waals surface area contributed by atoms with Crippen LogP contribution in [-0.4, -0.2) is 14.3 Å². The number of furan rings is 1. The molecule has 2 heterocycles. The first-order valence-corrected chi connectivity index (χ1v) is 13.5. The zero-order valence-corrected chi connectivity index (χ0v) is 21.1. The Morgan fingerprint density at radius 2 is 1.89 bits per heavy atom. The van der Waals surface area contributed by atoms with E-state index in [1.54, 1.807) is 30.3 Å². The summed E-state index contributed by atoms with van der Waals surface area (Å²) >= 11 is 0. The summed E-state index contributed by atoms with van der Waals surface area (Å²) in [6.07, 6.45) is 2.92. The highest BCUT2D eigenvalue weighted by atomic mass is 32.2. The molecule has 6 rings (SSSR count). The number of anilines is 2. The number of carbonyl (C=O) groups excluding carboxylic acids is 1. The second-order valence-electron chi connectivity index (χ2n) is 10.9. The summed E-state index contributed by atoms with van der Waals surface area (Å²) in [6, 6.07) is 12.2. The predicted molar refractivity (Wildman–Crippen MR) is 139 cm³/mol. The van der Waals surface area contributed by atoms with Crippen LogP contribution in [-0.2, 0) is 22.9 Å². The average Bonchev–Trinajstić information content (AvgIpc) is 3.31. The topological polar surface area (TPSA) is 88.4 Å². The molecule has 35 heavy (non-hydrogen) atoms. The van der Waals surface area contributed by atoms with E-state index in [4.69, 9.17) is 4.42 Å². The fourth-order valence-corrected chi connectivity index (χ4v) is 6.90. The van der Waals surface area contributed by atoms with Crippen LogP contribution >= 0.6 is 0 Å². The van der Waals surface area contributed by atoms with E-state index >= 15 is 0 Å². The molecule has 0 spiro atoms. The third-order valence-electron chi connectivity index (χ3n) is 7.64. The molecule has 180 valence electrons. The van der Waals surface area contributed by atoms with E-state index in [9.17, 15) is 13.2 Å². The maximum atomic E-state index is 13.6. The van der Waals surface area contributed by atoms with Gasteiger partial charge < -0.3 is 9.73 Å². The van der Waals surface area contributed by atoms with E-state index in [0.29, 0.717) is 33.6 Å². The first-order valence-electron chi connectivity index (χ1n) is 12.0. The minimum absolute atomic E-state index is 0.149. The van der Waals surface area contributed by atoms with Crippen molar-refractivity contribution < 1.29 is 17.6 Å². The molecule has 2 aliphatic rings. The molecule has 1 aliphatic carbocycles. The van der Waals surface area contributed by atoms with Crippen LogP contribution in [0.2, 0.25) is 0 Å². The van der Waals surface area contributed by atoms with E-state index in [1.165, 1.54) is 5.56 Å². The summed E-state index contributed by atoms with van der Waals surface area (Å²) in [6.45, 7) is 8.70. The van der Waals surface area contributed by atoms with Crippen molar-refractivity contribution in [2.75, 3.05) is 10.0 Å². The van der Waals surface area contributed by atoms with Gasteiger partial charge in [0.2, 0.25) is 0 Å². The number of amides is 1. The highest BCUT2D eigenvalue weighted by Gasteiger charge is 2.32. The number of hydrogen-bond donors (Lipinski definition) is 2. The van der Waals surface area contributed by atoms with Gasteiger partial charge in [0.05, 0.1) is 10.6 Å². The minimum atomic E-state index is -3.91. The Balaban J connectivity index is 1.43. The third kappa shape index (κ3) is 3.44. The average molecular weight is 489 g/mol. The fourth-order valence-electron chi connectivity index (χ4n) is 5.57. The molecule has 1 aromatic heterocycles. The largest absolute Gasteiger partial charge is 0.461 e. The Bertz CT molecular complexity index is 1660. The van der Waals surface area contributed by atoms with Crippen molar-refractivity contribution in [2.24, 2.45) is 11.3 Å². The molecule has 0 fully saturated rings. The Labute approximate surface area is 204 Å². The van der Waals surface area contributed by atoms with Gasteiger partial charge in [-0.3, -0.25) is 9.52 Å². The second-order valence-corrected chi connectivity index (χ2v) is 12.5. The molecule has 1 amide bonds. The number of hydrogen-bond acceptors (Lipinski definition) is 4. The summed E-state index contributed by atoms with van der Waals surface area (Å²) in [4.78, 5) is 12.4. The normalized spacial score (nSPS) is 17.6. The summed E-state index contributed by atoms with van der Waals surface area (Å²) < 4.78 is 36.2. The zero-order valence-electron chi connectivity index (χ0n) is 20.3. The second kappa shape index (κ2) is 7.34. The maximum Gasteiger partial charge on any atom is 0.262 e. The van der Waals surface area contributed by atoms with Crippen LogP contribution in [0, 0.1) is 18.3 Å². The van der Waals surface area contributed by atoms with Gasteiger partial charge in [-0.25, -0.2) is 8.42 Å². The van der Waals surface area contributed by atoms with Crippen LogP contribution in [0.1, 0.15) is 54.4 Å². The number of fused-ring (bicyclic) bond motifs is 3. The predicted octanol–water partition coefficient (Wildman–Crippen LogP) is 6.41. The first-order chi connectivity index (χ1) is 16.5. The molecule has 0 saturated carbocycles. The fraction of sp³-hybridized carbons (Fsp3) is 0.321. The lowest BCUT2D eigenvalue weighted by atomic mass is 9.71. The van der Waals surface area contributed by atoms with Crippen LogP contribution in [0.25, 0.3) is 21.7 Å². The van der Waals surface area contributed by atoms with Gasteiger partial charge >= 0.3 is 0 Å². The summed E-state index contributed by atoms with van der Waals surface area (Å²) in [5.74, 6) is 1.35. The monoisotopic (exact) mass is 488 g/mol. The highest BCUT2D eigenvalue weighted by molar-refractivity contribution is 7.93. The Kier molecular flexibility index (Phi) is 4.65. The van der Waals surface area contributed by atoms with E-state index in [2.05, 4.69) is 30.8 Å². The van der Waals surface area contributed by atoms with E-state index in [-0.39, 0.29) is 16.2 Å². The van der Waals surface area contributed by atoms with Gasteiger partial charge in [-0.1, -0.05) is 32.9 Å². The van der Waals surface area contributed by atoms with E-state index < -0.39 is 10.0 Å². The van der Waals surface area contributed by atoms with Gasteiger partial charge in [0.1, 0.15) is 11.3 Å². The van der Waals surface area contributed by atoms with Gasteiger partial charge in [-0.05, 0) is 67.0 Å². The highest BCUT2D eigenvalue weighted by Crippen LogP contribution is 2.43. The summed E-state index contributed by atoms with van der Waals surface area (Å²) in [5, 5.41) is 4.95. The van der Waals surface area contributed by atoms with Crippen LogP contribution in [0.15, 0.2) is 51.8 Å². The molecule has 1 aliphatic heterocycles. The quantitative estimate of drug-likeness (QED) is 0.349. The minimum Gasteiger partial charge on any atom is -0.461 e. The van der Waals surface area contributed by atoms with Gasteiger partial charge in [0.15, 0.2) is 0 Å². The molecular formula is C28H28N2O4S. The number of sulfonamides is 1. The van der Waals surface area contributed by atoms with Crippen molar-refractivity contribution in [1.29, 1.82) is 0 Å². The Hall–Kier alpha value is -3.32. The Morgan fingerprint density at radius 1 is 1.09 bits per heavy atom. The molecule has 0 bridgehead atoms. The molecular weight excluding hydrogens is 460 g/mol. The molecule has 0 unspecified atom stereocenters. The van der Waals surface area contributed by atoms with E-state index in [0.717, 1.165) is 41.6 Å². The molecule has 0 radical (unpaired) electrons. The van der Waals surface area contributed by atoms with E-state index in [1.807, 2.05) is 19.1 Å². The number of carbonyl (C=O) groups is 1. The number of rotatable bonds is 3.